The molecule has 2 aromatic rings. The van der Waals surface area contributed by atoms with E-state index in [4.69, 9.17) is 16.9 Å². The van der Waals surface area contributed by atoms with Crippen molar-refractivity contribution in [1.82, 2.24) is 0 Å². The normalized spacial score (nSPS) is 10.1. The van der Waals surface area contributed by atoms with Gasteiger partial charge < -0.3 is 5.32 Å². The number of benzene rings is 2. The van der Waals surface area contributed by atoms with E-state index in [1.807, 2.05) is 0 Å². The average Bonchev–Trinajstić information content (AvgIpc) is 2.34. The minimum atomic E-state index is -0.637. The molecule has 2 rings (SSSR count). The maximum absolute atomic E-state index is 13.5. The molecule has 0 aliphatic rings. The van der Waals surface area contributed by atoms with Gasteiger partial charge in [0, 0.05) is 4.47 Å². The van der Waals surface area contributed by atoms with Crippen molar-refractivity contribution in [1.29, 1.82) is 5.26 Å². The Labute approximate surface area is 121 Å². The van der Waals surface area contributed by atoms with Crippen LogP contribution in [0.2, 0.25) is 5.02 Å². The van der Waals surface area contributed by atoms with E-state index in [0.29, 0.717) is 10.2 Å². The van der Waals surface area contributed by atoms with E-state index in [0.717, 1.165) is 6.07 Å². The van der Waals surface area contributed by atoms with E-state index in [2.05, 4.69) is 21.2 Å². The molecule has 0 aliphatic carbocycles. The first-order valence-electron chi connectivity index (χ1n) is 5.13. The van der Waals surface area contributed by atoms with Gasteiger partial charge in [-0.15, -0.1) is 0 Å². The molecule has 96 valence electrons. The molecule has 0 amide bonds. The minimum absolute atomic E-state index is 0.125. The molecule has 2 nitrogen and oxygen atoms in total. The first-order valence-corrected chi connectivity index (χ1v) is 6.30. The van der Waals surface area contributed by atoms with Gasteiger partial charge in [-0.3, -0.25) is 0 Å². The molecule has 0 fully saturated rings. The smallest absolute Gasteiger partial charge is 0.143 e. The van der Waals surface area contributed by atoms with Crippen LogP contribution < -0.4 is 5.32 Å². The Bertz CT molecular complexity index is 660. The quantitative estimate of drug-likeness (QED) is 0.833. The molecular weight excluding hydrogens is 338 g/mol. The second-order valence-electron chi connectivity index (χ2n) is 3.64. The van der Waals surface area contributed by atoms with Crippen LogP contribution in [0.4, 0.5) is 20.2 Å². The number of rotatable bonds is 2. The van der Waals surface area contributed by atoms with Crippen LogP contribution in [-0.4, -0.2) is 0 Å². The van der Waals surface area contributed by atoms with Gasteiger partial charge in [-0.1, -0.05) is 17.7 Å². The Hall–Kier alpha value is -1.64. The van der Waals surface area contributed by atoms with Gasteiger partial charge in [-0.05, 0) is 40.2 Å². The summed E-state index contributed by atoms with van der Waals surface area (Å²) in [6.45, 7) is 0. The van der Waals surface area contributed by atoms with Crippen molar-refractivity contribution in [2.24, 2.45) is 0 Å². The standard InChI is InChI=1S/C13H6BrClF2N2/c14-9-4-7(16)5-10(15)13(9)19-12-3-1-2-11(17)8(12)6-18/h1-5,19H. The summed E-state index contributed by atoms with van der Waals surface area (Å²) in [7, 11) is 0. The minimum Gasteiger partial charge on any atom is -0.352 e. The topological polar surface area (TPSA) is 35.8 Å². The number of nitrogens with zero attached hydrogens (tertiary/aromatic N) is 1. The van der Waals surface area contributed by atoms with Crippen molar-refractivity contribution in [3.8, 4) is 6.07 Å². The number of halogens is 4. The predicted octanol–water partition coefficient (Wildman–Crippen LogP) is 5.00. The van der Waals surface area contributed by atoms with Gasteiger partial charge in [0.1, 0.15) is 23.3 Å². The summed E-state index contributed by atoms with van der Waals surface area (Å²) in [5.41, 5.74) is 0.497. The van der Waals surface area contributed by atoms with Crippen LogP contribution >= 0.6 is 27.5 Å². The highest BCUT2D eigenvalue weighted by Crippen LogP contribution is 2.35. The number of anilines is 2. The Morgan fingerprint density at radius 3 is 2.63 bits per heavy atom. The summed E-state index contributed by atoms with van der Waals surface area (Å²) in [6.07, 6.45) is 0. The van der Waals surface area contributed by atoms with Crippen molar-refractivity contribution in [2.45, 2.75) is 0 Å². The van der Waals surface area contributed by atoms with Crippen LogP contribution in [0.25, 0.3) is 0 Å². The molecule has 0 atom stereocenters. The van der Waals surface area contributed by atoms with Crippen molar-refractivity contribution in [3.63, 3.8) is 0 Å². The third-order valence-electron chi connectivity index (χ3n) is 2.39. The first kappa shape index (κ1) is 13.8. The maximum Gasteiger partial charge on any atom is 0.143 e. The van der Waals surface area contributed by atoms with E-state index in [1.54, 1.807) is 6.07 Å². The molecule has 0 heterocycles. The third-order valence-corrected chi connectivity index (χ3v) is 3.32. The lowest BCUT2D eigenvalue weighted by molar-refractivity contribution is 0.624. The zero-order valence-corrected chi connectivity index (χ0v) is 11.7. The summed E-state index contributed by atoms with van der Waals surface area (Å²) < 4.78 is 26.9. The van der Waals surface area contributed by atoms with Crippen LogP contribution in [0, 0.1) is 23.0 Å². The molecular formula is C13H6BrClF2N2. The molecule has 0 aromatic heterocycles. The second-order valence-corrected chi connectivity index (χ2v) is 4.91. The fraction of sp³-hybridized carbons (Fsp3) is 0. The number of hydrogen-bond donors (Lipinski definition) is 1. The first-order chi connectivity index (χ1) is 9.02. The lowest BCUT2D eigenvalue weighted by Gasteiger charge is -2.12. The Balaban J connectivity index is 2.49. The number of hydrogen-bond acceptors (Lipinski definition) is 2. The van der Waals surface area contributed by atoms with Gasteiger partial charge in [-0.2, -0.15) is 5.26 Å². The maximum atomic E-state index is 13.5. The number of nitriles is 1. The van der Waals surface area contributed by atoms with Gasteiger partial charge in [0.05, 0.1) is 16.4 Å². The van der Waals surface area contributed by atoms with Gasteiger partial charge in [0.25, 0.3) is 0 Å². The van der Waals surface area contributed by atoms with E-state index in [1.165, 1.54) is 24.3 Å². The van der Waals surface area contributed by atoms with Crippen molar-refractivity contribution < 1.29 is 8.78 Å². The largest absolute Gasteiger partial charge is 0.352 e. The van der Waals surface area contributed by atoms with Gasteiger partial charge in [-0.25, -0.2) is 8.78 Å². The van der Waals surface area contributed by atoms with E-state index < -0.39 is 11.6 Å². The molecule has 1 N–H and O–H groups in total. The lowest BCUT2D eigenvalue weighted by atomic mass is 10.1. The summed E-state index contributed by atoms with van der Waals surface area (Å²) in [6, 6.07) is 8.29. The fourth-order valence-corrected chi connectivity index (χ4v) is 2.44. The SMILES string of the molecule is N#Cc1c(F)cccc1Nc1c(Cl)cc(F)cc1Br. The zero-order chi connectivity index (χ0) is 14.0. The van der Waals surface area contributed by atoms with E-state index >= 15 is 0 Å². The van der Waals surface area contributed by atoms with Crippen LogP contribution in [0.3, 0.4) is 0 Å². The Morgan fingerprint density at radius 2 is 2.00 bits per heavy atom. The lowest BCUT2D eigenvalue weighted by Crippen LogP contribution is -1.98. The summed E-state index contributed by atoms with van der Waals surface area (Å²) in [5, 5.41) is 11.9. The molecule has 0 unspecified atom stereocenters. The fourth-order valence-electron chi connectivity index (χ4n) is 1.54. The molecule has 0 aliphatic heterocycles. The molecule has 0 saturated carbocycles. The number of nitrogens with one attached hydrogen (secondary N) is 1. The molecule has 2 aromatic carbocycles. The molecule has 6 heteroatoms. The predicted molar refractivity (Wildman–Crippen MR) is 73.5 cm³/mol. The second kappa shape index (κ2) is 5.55. The summed E-state index contributed by atoms with van der Waals surface area (Å²) >= 11 is 9.07. The molecule has 19 heavy (non-hydrogen) atoms. The van der Waals surface area contributed by atoms with Crippen LogP contribution in [0.5, 0.6) is 0 Å². The van der Waals surface area contributed by atoms with Crippen LogP contribution in [0.15, 0.2) is 34.8 Å². The highest BCUT2D eigenvalue weighted by atomic mass is 79.9. The highest BCUT2D eigenvalue weighted by Gasteiger charge is 2.12. The average molecular weight is 344 g/mol. The molecule has 0 bridgehead atoms. The molecule has 0 saturated heterocycles. The van der Waals surface area contributed by atoms with Crippen molar-refractivity contribution in [3.05, 3.63) is 57.0 Å². The van der Waals surface area contributed by atoms with Crippen molar-refractivity contribution in [2.75, 3.05) is 5.32 Å². The zero-order valence-electron chi connectivity index (χ0n) is 9.35. The summed E-state index contributed by atoms with van der Waals surface area (Å²) in [4.78, 5) is 0. The monoisotopic (exact) mass is 342 g/mol. The van der Waals surface area contributed by atoms with Crippen LogP contribution in [-0.2, 0) is 0 Å². The van der Waals surface area contributed by atoms with E-state index in [-0.39, 0.29) is 16.3 Å². The van der Waals surface area contributed by atoms with Crippen molar-refractivity contribution >= 4 is 38.9 Å². The van der Waals surface area contributed by atoms with Gasteiger partial charge in [0.15, 0.2) is 0 Å². The van der Waals surface area contributed by atoms with E-state index in [9.17, 15) is 8.78 Å². The van der Waals surface area contributed by atoms with Gasteiger partial charge in [0.2, 0.25) is 0 Å². The van der Waals surface area contributed by atoms with Crippen LogP contribution in [0.1, 0.15) is 5.56 Å². The highest BCUT2D eigenvalue weighted by molar-refractivity contribution is 9.10. The third kappa shape index (κ3) is 2.86. The summed E-state index contributed by atoms with van der Waals surface area (Å²) in [5.74, 6) is -1.14. The Morgan fingerprint density at radius 1 is 1.26 bits per heavy atom. The Kier molecular flexibility index (Phi) is 4.03. The van der Waals surface area contributed by atoms with Gasteiger partial charge >= 0.3 is 0 Å². The molecule has 0 radical (unpaired) electrons. The molecule has 0 spiro atoms.